The average Bonchev–Trinajstić information content (AvgIpc) is 2.27. The number of amidine groups is 1. The van der Waals surface area contributed by atoms with Gasteiger partial charge in [-0.15, -0.1) is 5.10 Å². The molecule has 0 atom stereocenters. The van der Waals surface area contributed by atoms with Crippen LogP contribution in [0.1, 0.15) is 12.5 Å². The molecule has 6 heteroatoms. The summed E-state index contributed by atoms with van der Waals surface area (Å²) in [6.07, 6.45) is 0. The van der Waals surface area contributed by atoms with Gasteiger partial charge in [-0.25, -0.2) is 11.4 Å². The number of rotatable bonds is 5. The number of benzene rings is 1. The lowest BCUT2D eigenvalue weighted by atomic mass is 10.2. The van der Waals surface area contributed by atoms with Gasteiger partial charge in [-0.3, -0.25) is 4.79 Å². The number of carbonyl (C=O) groups excluding carboxylic acids is 1. The van der Waals surface area contributed by atoms with Crippen molar-refractivity contribution in [3.05, 3.63) is 29.8 Å². The Labute approximate surface area is 93.2 Å². The Kier molecular flexibility index (Phi) is 4.28. The van der Waals surface area contributed by atoms with Crippen LogP contribution in [0.25, 0.3) is 0 Å². The molecule has 5 N–H and O–H groups in total. The minimum atomic E-state index is -0.0301. The number of hydrogen-bond donors (Lipinski definition) is 3. The Hall–Kier alpha value is -2.08. The molecule has 0 radical (unpaired) electrons. The van der Waals surface area contributed by atoms with E-state index >= 15 is 0 Å². The van der Waals surface area contributed by atoms with Gasteiger partial charge in [0.05, 0.1) is 0 Å². The summed E-state index contributed by atoms with van der Waals surface area (Å²) < 4.78 is 5.19. The van der Waals surface area contributed by atoms with E-state index in [4.69, 9.17) is 16.3 Å². The minimum absolute atomic E-state index is 0.0301. The molecule has 0 aliphatic heterocycles. The van der Waals surface area contributed by atoms with E-state index < -0.39 is 0 Å². The van der Waals surface area contributed by atoms with E-state index in [0.29, 0.717) is 11.3 Å². The SMILES string of the molecule is CC(=O)COc1ccc(/C(N)=N/NN)cc1. The van der Waals surface area contributed by atoms with E-state index in [1.54, 1.807) is 24.3 Å². The van der Waals surface area contributed by atoms with Gasteiger partial charge in [-0.05, 0) is 31.2 Å². The maximum absolute atomic E-state index is 10.7. The van der Waals surface area contributed by atoms with E-state index in [1.165, 1.54) is 6.92 Å². The molecule has 1 aromatic carbocycles. The zero-order valence-corrected chi connectivity index (χ0v) is 8.93. The Morgan fingerprint density at radius 3 is 2.56 bits per heavy atom. The van der Waals surface area contributed by atoms with E-state index in [-0.39, 0.29) is 18.2 Å². The summed E-state index contributed by atoms with van der Waals surface area (Å²) >= 11 is 0. The number of nitrogens with one attached hydrogen (secondary N) is 1. The molecule has 0 unspecified atom stereocenters. The van der Waals surface area contributed by atoms with Gasteiger partial charge in [0.2, 0.25) is 0 Å². The van der Waals surface area contributed by atoms with Crippen LogP contribution < -0.4 is 21.8 Å². The largest absolute Gasteiger partial charge is 0.486 e. The number of carbonyl (C=O) groups is 1. The molecule has 6 nitrogen and oxygen atoms in total. The number of hydrazine groups is 1. The highest BCUT2D eigenvalue weighted by molar-refractivity contribution is 5.97. The molecule has 1 aromatic rings. The third-order valence-corrected chi connectivity index (χ3v) is 1.78. The van der Waals surface area contributed by atoms with E-state index in [9.17, 15) is 4.79 Å². The number of nitrogens with two attached hydrogens (primary N) is 2. The molecule has 0 aliphatic rings. The van der Waals surface area contributed by atoms with Crippen LogP contribution >= 0.6 is 0 Å². The lowest BCUT2D eigenvalue weighted by molar-refractivity contribution is -0.118. The number of hydrazone groups is 1. The molecule has 0 bridgehead atoms. The van der Waals surface area contributed by atoms with Crippen molar-refractivity contribution in [3.63, 3.8) is 0 Å². The highest BCUT2D eigenvalue weighted by Crippen LogP contribution is 2.11. The van der Waals surface area contributed by atoms with Crippen molar-refractivity contribution >= 4 is 11.6 Å². The molecule has 0 heterocycles. The van der Waals surface area contributed by atoms with E-state index in [2.05, 4.69) is 10.6 Å². The first kappa shape index (κ1) is 12.0. The molecule has 0 amide bonds. The predicted molar refractivity (Wildman–Crippen MR) is 60.7 cm³/mol. The first-order valence-electron chi connectivity index (χ1n) is 4.65. The van der Waals surface area contributed by atoms with Crippen LogP contribution in [-0.2, 0) is 4.79 Å². The number of ether oxygens (including phenoxy) is 1. The van der Waals surface area contributed by atoms with Crippen LogP contribution in [0, 0.1) is 0 Å². The molecular formula is C10H14N4O2. The van der Waals surface area contributed by atoms with Gasteiger partial charge < -0.3 is 10.5 Å². The molecular weight excluding hydrogens is 208 g/mol. The summed E-state index contributed by atoms with van der Waals surface area (Å²) in [6, 6.07) is 6.87. The highest BCUT2D eigenvalue weighted by Gasteiger charge is 2.00. The summed E-state index contributed by atoms with van der Waals surface area (Å²) in [5.74, 6) is 5.85. The smallest absolute Gasteiger partial charge is 0.167 e. The monoisotopic (exact) mass is 222 g/mol. The zero-order valence-electron chi connectivity index (χ0n) is 8.93. The molecule has 86 valence electrons. The van der Waals surface area contributed by atoms with Crippen molar-refractivity contribution in [2.75, 3.05) is 6.61 Å². The number of ketones is 1. The zero-order chi connectivity index (χ0) is 12.0. The van der Waals surface area contributed by atoms with Crippen LogP contribution in [0.2, 0.25) is 0 Å². The Balaban J connectivity index is 2.67. The predicted octanol–water partition coefficient (Wildman–Crippen LogP) is -0.262. The Bertz CT molecular complexity index is 386. The quantitative estimate of drug-likeness (QED) is 0.275. The molecule has 1 rings (SSSR count). The topological polar surface area (TPSA) is 103 Å². The van der Waals surface area contributed by atoms with Crippen LogP contribution in [0.5, 0.6) is 5.75 Å². The van der Waals surface area contributed by atoms with Crippen molar-refractivity contribution in [2.45, 2.75) is 6.92 Å². The van der Waals surface area contributed by atoms with Gasteiger partial charge in [0, 0.05) is 5.56 Å². The summed E-state index contributed by atoms with van der Waals surface area (Å²) in [6.45, 7) is 1.53. The van der Waals surface area contributed by atoms with Crippen molar-refractivity contribution in [1.29, 1.82) is 0 Å². The fraction of sp³-hybridized carbons (Fsp3) is 0.200. The molecule has 0 aromatic heterocycles. The lowest BCUT2D eigenvalue weighted by Gasteiger charge is -2.05. The van der Waals surface area contributed by atoms with E-state index in [0.717, 1.165) is 0 Å². The summed E-state index contributed by atoms with van der Waals surface area (Å²) in [7, 11) is 0. The van der Waals surface area contributed by atoms with Crippen molar-refractivity contribution in [1.82, 2.24) is 5.53 Å². The second-order valence-corrected chi connectivity index (χ2v) is 3.14. The average molecular weight is 222 g/mol. The number of nitrogens with zero attached hydrogens (tertiary/aromatic N) is 1. The first-order valence-corrected chi connectivity index (χ1v) is 4.65. The van der Waals surface area contributed by atoms with Gasteiger partial charge in [-0.2, -0.15) is 0 Å². The molecule has 0 spiro atoms. The Morgan fingerprint density at radius 2 is 2.06 bits per heavy atom. The molecule has 0 fully saturated rings. The fourth-order valence-corrected chi connectivity index (χ4v) is 1.04. The maximum Gasteiger partial charge on any atom is 0.167 e. The fourth-order valence-electron chi connectivity index (χ4n) is 1.04. The van der Waals surface area contributed by atoms with E-state index in [1.807, 2.05) is 0 Å². The van der Waals surface area contributed by atoms with Gasteiger partial charge in [0.15, 0.2) is 11.6 Å². The third kappa shape index (κ3) is 3.58. The maximum atomic E-state index is 10.7. The van der Waals surface area contributed by atoms with Crippen LogP contribution in [0.3, 0.4) is 0 Å². The van der Waals surface area contributed by atoms with Crippen LogP contribution in [-0.4, -0.2) is 18.2 Å². The second kappa shape index (κ2) is 5.72. The van der Waals surface area contributed by atoms with Gasteiger partial charge in [0.1, 0.15) is 12.4 Å². The summed E-state index contributed by atoms with van der Waals surface area (Å²) in [5.41, 5.74) is 8.41. The number of hydrogen-bond acceptors (Lipinski definition) is 5. The molecule has 0 saturated heterocycles. The summed E-state index contributed by atoms with van der Waals surface area (Å²) in [4.78, 5) is 10.7. The van der Waals surface area contributed by atoms with Crippen molar-refractivity contribution in [3.8, 4) is 5.75 Å². The van der Waals surface area contributed by atoms with Gasteiger partial charge >= 0.3 is 0 Å². The first-order chi connectivity index (χ1) is 7.63. The summed E-state index contributed by atoms with van der Waals surface area (Å²) in [5, 5.41) is 3.63. The van der Waals surface area contributed by atoms with Crippen LogP contribution in [0.15, 0.2) is 29.4 Å². The van der Waals surface area contributed by atoms with Gasteiger partial charge in [-0.1, -0.05) is 0 Å². The standard InChI is InChI=1S/C10H14N4O2/c1-7(15)6-16-9-4-2-8(3-5-9)10(11)13-14-12/h2-5,14H,6,12H2,1H3,(H2,11,13). The third-order valence-electron chi connectivity index (χ3n) is 1.78. The minimum Gasteiger partial charge on any atom is -0.486 e. The molecule has 16 heavy (non-hydrogen) atoms. The number of Topliss-reactive ketones (excluding diaryl/α,β-unsaturated/α-hetero) is 1. The lowest BCUT2D eigenvalue weighted by Crippen LogP contribution is -2.22. The molecule has 0 saturated carbocycles. The van der Waals surface area contributed by atoms with Crippen LogP contribution in [0.4, 0.5) is 0 Å². The van der Waals surface area contributed by atoms with Gasteiger partial charge in [0.25, 0.3) is 0 Å². The highest BCUT2D eigenvalue weighted by atomic mass is 16.5. The van der Waals surface area contributed by atoms with Crippen molar-refractivity contribution in [2.24, 2.45) is 16.7 Å². The second-order valence-electron chi connectivity index (χ2n) is 3.14. The normalized spacial score (nSPS) is 11.0. The van der Waals surface area contributed by atoms with Crippen molar-refractivity contribution < 1.29 is 9.53 Å². The Morgan fingerprint density at radius 1 is 1.44 bits per heavy atom. The molecule has 0 aliphatic carbocycles.